The van der Waals surface area contributed by atoms with Gasteiger partial charge in [-0.3, -0.25) is 0 Å². The van der Waals surface area contributed by atoms with Gasteiger partial charge in [-0.2, -0.15) is 0 Å². The Morgan fingerprint density at radius 3 is 2.16 bits per heavy atom. The van der Waals surface area contributed by atoms with Crippen molar-refractivity contribution < 1.29 is 23.8 Å². The van der Waals surface area contributed by atoms with E-state index in [4.69, 9.17) is 14.2 Å². The minimum absolute atomic E-state index is 0.196. The van der Waals surface area contributed by atoms with Crippen LogP contribution in [0.2, 0.25) is 0 Å². The van der Waals surface area contributed by atoms with Gasteiger partial charge in [-0.15, -0.1) is 0 Å². The molecule has 0 radical (unpaired) electrons. The molecular weight excluding hydrogens is 320 g/mol. The first-order valence-corrected chi connectivity index (χ1v) is 7.99. The first-order valence-electron chi connectivity index (χ1n) is 7.99. The van der Waals surface area contributed by atoms with Crippen LogP contribution in [0.15, 0.2) is 54.6 Å². The van der Waals surface area contributed by atoms with Crippen molar-refractivity contribution in [1.29, 1.82) is 0 Å². The maximum absolute atomic E-state index is 11.9. The summed E-state index contributed by atoms with van der Waals surface area (Å²) < 4.78 is 15.8. The van der Waals surface area contributed by atoms with Crippen LogP contribution in [0.25, 0.3) is 0 Å². The molecule has 132 valence electrons. The van der Waals surface area contributed by atoms with Crippen LogP contribution in [0.4, 0.5) is 0 Å². The fraction of sp³-hybridized carbons (Fsp3) is 0.300. The average molecular weight is 342 g/mol. The predicted molar refractivity (Wildman–Crippen MR) is 93.3 cm³/mol. The monoisotopic (exact) mass is 342 g/mol. The first-order chi connectivity index (χ1) is 11.8. The molecule has 0 heterocycles. The molecule has 0 spiro atoms. The third-order valence-corrected chi connectivity index (χ3v) is 3.09. The smallest absolute Gasteiger partial charge is 0.344 e. The van der Waals surface area contributed by atoms with Crippen LogP contribution in [0.1, 0.15) is 36.7 Å². The van der Waals surface area contributed by atoms with Crippen molar-refractivity contribution in [1.82, 2.24) is 0 Å². The third-order valence-electron chi connectivity index (χ3n) is 3.09. The molecule has 0 unspecified atom stereocenters. The highest BCUT2D eigenvalue weighted by Crippen LogP contribution is 2.16. The normalized spacial score (nSPS) is 10.8. The Morgan fingerprint density at radius 1 is 0.920 bits per heavy atom. The molecule has 0 saturated heterocycles. The van der Waals surface area contributed by atoms with E-state index in [9.17, 15) is 9.59 Å². The van der Waals surface area contributed by atoms with Crippen molar-refractivity contribution in [3.8, 4) is 5.75 Å². The fourth-order valence-electron chi connectivity index (χ4n) is 1.95. The second kappa shape index (κ2) is 8.33. The summed E-state index contributed by atoms with van der Waals surface area (Å²) >= 11 is 0. The molecule has 0 amide bonds. The van der Waals surface area contributed by atoms with Gasteiger partial charge in [-0.05, 0) is 50.6 Å². The number of esters is 2. The largest absolute Gasteiger partial charge is 0.482 e. The number of carbonyl (C=O) groups is 2. The van der Waals surface area contributed by atoms with Crippen molar-refractivity contribution in [2.24, 2.45) is 0 Å². The molecule has 0 aliphatic carbocycles. The summed E-state index contributed by atoms with van der Waals surface area (Å²) in [5.74, 6) is -0.384. The van der Waals surface area contributed by atoms with Crippen LogP contribution in [-0.2, 0) is 20.9 Å². The lowest BCUT2D eigenvalue weighted by Crippen LogP contribution is -2.23. The number of carbonyl (C=O) groups excluding carboxylic acids is 2. The highest BCUT2D eigenvalue weighted by Gasteiger charge is 2.17. The molecule has 2 aromatic rings. The van der Waals surface area contributed by atoms with E-state index in [1.54, 1.807) is 24.3 Å². The molecular formula is C20H22O5. The summed E-state index contributed by atoms with van der Waals surface area (Å²) in [7, 11) is 0. The minimum atomic E-state index is -0.547. The van der Waals surface area contributed by atoms with Gasteiger partial charge in [0.1, 0.15) is 18.0 Å². The summed E-state index contributed by atoms with van der Waals surface area (Å²) in [6, 6.07) is 15.8. The molecule has 25 heavy (non-hydrogen) atoms. The van der Waals surface area contributed by atoms with Crippen molar-refractivity contribution in [2.45, 2.75) is 33.0 Å². The standard InChI is InChI=1S/C20H22O5/c1-20(2,3)25-19(22)16-9-11-17(12-10-16)23-14-18(21)24-13-15-7-5-4-6-8-15/h4-12H,13-14H2,1-3H3. The van der Waals surface area contributed by atoms with Gasteiger partial charge >= 0.3 is 11.9 Å². The zero-order chi connectivity index (χ0) is 18.3. The van der Waals surface area contributed by atoms with Gasteiger partial charge in [0.2, 0.25) is 0 Å². The maximum atomic E-state index is 11.9. The molecule has 0 atom stereocenters. The van der Waals surface area contributed by atoms with Crippen molar-refractivity contribution in [3.63, 3.8) is 0 Å². The van der Waals surface area contributed by atoms with Crippen LogP contribution >= 0.6 is 0 Å². The Bertz CT molecular complexity index is 699. The first kappa shape index (κ1) is 18.5. The summed E-state index contributed by atoms with van der Waals surface area (Å²) in [5, 5.41) is 0. The van der Waals surface area contributed by atoms with E-state index in [0.29, 0.717) is 11.3 Å². The van der Waals surface area contributed by atoms with Crippen molar-refractivity contribution >= 4 is 11.9 Å². The Hall–Kier alpha value is -2.82. The number of rotatable bonds is 6. The molecule has 0 aliphatic rings. The molecule has 0 saturated carbocycles. The van der Waals surface area contributed by atoms with E-state index >= 15 is 0 Å². The lowest BCUT2D eigenvalue weighted by Gasteiger charge is -2.19. The molecule has 5 heteroatoms. The van der Waals surface area contributed by atoms with Crippen molar-refractivity contribution in [2.75, 3.05) is 6.61 Å². The van der Waals surface area contributed by atoms with Crippen LogP contribution in [0, 0.1) is 0 Å². The van der Waals surface area contributed by atoms with E-state index in [1.807, 2.05) is 51.1 Å². The van der Waals surface area contributed by atoms with E-state index in [0.717, 1.165) is 5.56 Å². The van der Waals surface area contributed by atoms with E-state index in [2.05, 4.69) is 0 Å². The molecule has 0 bridgehead atoms. The number of hydrogen-bond acceptors (Lipinski definition) is 5. The van der Waals surface area contributed by atoms with Gasteiger partial charge in [-0.1, -0.05) is 30.3 Å². The number of hydrogen-bond donors (Lipinski definition) is 0. The minimum Gasteiger partial charge on any atom is -0.482 e. The summed E-state index contributed by atoms with van der Waals surface area (Å²) in [4.78, 5) is 23.6. The molecule has 0 fully saturated rings. The topological polar surface area (TPSA) is 61.8 Å². The zero-order valence-electron chi connectivity index (χ0n) is 14.7. The van der Waals surface area contributed by atoms with E-state index in [1.165, 1.54) is 0 Å². The molecule has 0 N–H and O–H groups in total. The summed E-state index contributed by atoms with van der Waals surface area (Å²) in [6.07, 6.45) is 0. The Labute approximate surface area is 147 Å². The quantitative estimate of drug-likeness (QED) is 0.748. The van der Waals surface area contributed by atoms with Gasteiger partial charge < -0.3 is 14.2 Å². The van der Waals surface area contributed by atoms with Crippen LogP contribution in [0.5, 0.6) is 5.75 Å². The van der Waals surface area contributed by atoms with Gasteiger partial charge in [0.15, 0.2) is 6.61 Å². The van der Waals surface area contributed by atoms with Gasteiger partial charge in [-0.25, -0.2) is 9.59 Å². The Balaban J connectivity index is 1.79. The molecule has 2 rings (SSSR count). The lowest BCUT2D eigenvalue weighted by molar-refractivity contribution is -0.147. The van der Waals surface area contributed by atoms with Crippen LogP contribution in [0.3, 0.4) is 0 Å². The van der Waals surface area contributed by atoms with Gasteiger partial charge in [0.05, 0.1) is 5.56 Å². The maximum Gasteiger partial charge on any atom is 0.344 e. The van der Waals surface area contributed by atoms with E-state index < -0.39 is 17.5 Å². The van der Waals surface area contributed by atoms with Crippen LogP contribution in [-0.4, -0.2) is 24.1 Å². The predicted octanol–water partition coefficient (Wildman–Crippen LogP) is 3.76. The molecule has 2 aromatic carbocycles. The second-order valence-corrected chi connectivity index (χ2v) is 6.46. The Kier molecular flexibility index (Phi) is 6.17. The van der Waals surface area contributed by atoms with Crippen molar-refractivity contribution in [3.05, 3.63) is 65.7 Å². The fourth-order valence-corrected chi connectivity index (χ4v) is 1.95. The summed E-state index contributed by atoms with van der Waals surface area (Å²) in [6.45, 7) is 5.44. The highest BCUT2D eigenvalue weighted by molar-refractivity contribution is 5.89. The molecule has 5 nitrogen and oxygen atoms in total. The number of benzene rings is 2. The molecule has 0 aromatic heterocycles. The zero-order valence-corrected chi connectivity index (χ0v) is 14.7. The lowest BCUT2D eigenvalue weighted by atomic mass is 10.1. The van der Waals surface area contributed by atoms with Gasteiger partial charge in [0, 0.05) is 0 Å². The average Bonchev–Trinajstić information content (AvgIpc) is 2.58. The second-order valence-electron chi connectivity index (χ2n) is 6.46. The SMILES string of the molecule is CC(C)(C)OC(=O)c1ccc(OCC(=O)OCc2ccccc2)cc1. The third kappa shape index (κ3) is 6.67. The Morgan fingerprint density at radius 2 is 1.56 bits per heavy atom. The summed E-state index contributed by atoms with van der Waals surface area (Å²) in [5.41, 5.74) is 0.792. The van der Waals surface area contributed by atoms with Crippen LogP contribution < -0.4 is 4.74 Å². The molecule has 0 aliphatic heterocycles. The highest BCUT2D eigenvalue weighted by atomic mass is 16.6. The van der Waals surface area contributed by atoms with E-state index in [-0.39, 0.29) is 13.2 Å². The van der Waals surface area contributed by atoms with Gasteiger partial charge in [0.25, 0.3) is 0 Å². The number of ether oxygens (including phenoxy) is 3.